The maximum atomic E-state index is 2.43. The van der Waals surface area contributed by atoms with E-state index in [0.29, 0.717) is 5.92 Å². The van der Waals surface area contributed by atoms with Gasteiger partial charge in [0.25, 0.3) is 0 Å². The van der Waals surface area contributed by atoms with E-state index in [1.54, 1.807) is 28.0 Å². The molecule has 0 bridgehead atoms. The van der Waals surface area contributed by atoms with Crippen LogP contribution < -0.4 is 24.8 Å². The first-order valence-electron chi connectivity index (χ1n) is 9.46. The fourth-order valence-corrected chi connectivity index (χ4v) is 5.60. The van der Waals surface area contributed by atoms with Crippen molar-refractivity contribution >= 4 is 21.5 Å². The van der Waals surface area contributed by atoms with E-state index in [9.17, 15) is 0 Å². The molecule has 0 aliphatic heterocycles. The van der Waals surface area contributed by atoms with Gasteiger partial charge in [0.2, 0.25) is 0 Å². The van der Waals surface area contributed by atoms with Crippen LogP contribution in [0.25, 0.3) is 32.7 Å². The first-order chi connectivity index (χ1) is 13.3. The van der Waals surface area contributed by atoms with Crippen molar-refractivity contribution in [1.82, 2.24) is 0 Å². The average molecular weight is 492 g/mol. The van der Waals surface area contributed by atoms with Crippen LogP contribution in [0, 0.1) is 0 Å². The first-order valence-corrected chi connectivity index (χ1v) is 10.7. The molecule has 0 fully saturated rings. The van der Waals surface area contributed by atoms with Crippen LogP contribution >= 0.6 is 0 Å². The fourth-order valence-electron chi connectivity index (χ4n) is 4.76. The predicted molar refractivity (Wildman–Crippen MR) is 110 cm³/mol. The topological polar surface area (TPSA) is 0 Å². The number of hydrogen-bond acceptors (Lipinski definition) is 0. The van der Waals surface area contributed by atoms with Gasteiger partial charge in [0.1, 0.15) is 0 Å². The van der Waals surface area contributed by atoms with Crippen LogP contribution in [0.4, 0.5) is 0 Å². The molecule has 0 heterocycles. The Labute approximate surface area is 198 Å². The third-order valence-electron chi connectivity index (χ3n) is 6.03. The summed E-state index contributed by atoms with van der Waals surface area (Å²) in [4.78, 5) is 0. The zero-order chi connectivity index (χ0) is 18.0. The Kier molecular flexibility index (Phi) is 5.60. The Bertz CT molecular complexity index is 1230. The van der Waals surface area contributed by atoms with E-state index in [-0.39, 0.29) is 24.8 Å². The van der Waals surface area contributed by atoms with Crippen molar-refractivity contribution in [3.05, 3.63) is 105 Å². The van der Waals surface area contributed by atoms with Gasteiger partial charge in [-0.25, -0.2) is 0 Å². The average Bonchev–Trinajstić information content (AvgIpc) is 3.24. The molecule has 0 saturated heterocycles. The summed E-state index contributed by atoms with van der Waals surface area (Å²) in [5.41, 5.74) is 7.30. The molecule has 0 amide bonds. The van der Waals surface area contributed by atoms with E-state index < -0.39 is 0 Å². The molecule has 2 aliphatic carbocycles. The van der Waals surface area contributed by atoms with E-state index in [4.69, 9.17) is 0 Å². The number of rotatable bonds is 1. The first kappa shape index (κ1) is 20.6. The van der Waals surface area contributed by atoms with E-state index in [1.165, 1.54) is 49.4 Å². The summed E-state index contributed by atoms with van der Waals surface area (Å²) >= 11 is 1.54. The van der Waals surface area contributed by atoms with Gasteiger partial charge >= 0.3 is 175 Å². The molecule has 0 saturated carbocycles. The Hall–Kier alpha value is -1.66. The van der Waals surface area contributed by atoms with Crippen molar-refractivity contribution in [1.29, 1.82) is 0 Å². The quantitative estimate of drug-likeness (QED) is 0.371. The molecule has 0 aromatic heterocycles. The molecule has 0 unspecified atom stereocenters. The van der Waals surface area contributed by atoms with Crippen LogP contribution in [0.3, 0.4) is 0 Å². The number of hydrogen-bond donors (Lipinski definition) is 0. The summed E-state index contributed by atoms with van der Waals surface area (Å²) < 4.78 is 1.59. The summed E-state index contributed by atoms with van der Waals surface area (Å²) in [6.07, 6.45) is 5.83. The van der Waals surface area contributed by atoms with Crippen LogP contribution in [-0.2, 0) is 24.7 Å². The minimum atomic E-state index is 0. The molecule has 4 aromatic rings. The van der Waals surface area contributed by atoms with Crippen LogP contribution in [0.5, 0.6) is 0 Å². The number of allylic oxidation sites excluding steroid dienone is 4. The predicted octanol–water partition coefficient (Wildman–Crippen LogP) is 0.874. The summed E-state index contributed by atoms with van der Waals surface area (Å²) in [6, 6.07) is 27.2. The van der Waals surface area contributed by atoms with E-state index in [2.05, 4.69) is 84.9 Å². The van der Waals surface area contributed by atoms with Crippen molar-refractivity contribution in [3.8, 4) is 11.1 Å². The van der Waals surface area contributed by atoms with Gasteiger partial charge in [-0.1, -0.05) is 0 Å². The van der Waals surface area contributed by atoms with Crippen molar-refractivity contribution in [2.45, 2.75) is 12.3 Å². The molecule has 139 valence electrons. The molecule has 3 heteroatoms. The molecule has 0 nitrogen and oxygen atoms in total. The van der Waals surface area contributed by atoms with Gasteiger partial charge in [-0.3, -0.25) is 0 Å². The molecule has 4 aromatic carbocycles. The van der Waals surface area contributed by atoms with Crippen molar-refractivity contribution in [2.75, 3.05) is 0 Å². The number of fused-ring (bicyclic) bond motifs is 5. The van der Waals surface area contributed by atoms with Crippen LogP contribution in [-0.4, -0.2) is 0 Å². The summed E-state index contributed by atoms with van der Waals surface area (Å²) in [6.45, 7) is 0. The molecule has 6 rings (SSSR count). The van der Waals surface area contributed by atoms with E-state index in [1.807, 2.05) is 0 Å². The SMILES string of the molecule is [Cl-].[Cl-].[Zr+2][C]1=C(C2c3cc4ccccc4cc3-c3cc4ccccc4cc32)C=CC1. The van der Waals surface area contributed by atoms with Crippen molar-refractivity contribution < 1.29 is 49.5 Å². The molecule has 0 spiro atoms. The van der Waals surface area contributed by atoms with Crippen LogP contribution in [0.15, 0.2) is 93.8 Å². The van der Waals surface area contributed by atoms with Gasteiger partial charge in [0.05, 0.1) is 0 Å². The minimum absolute atomic E-state index is 0. The second-order valence-corrected chi connectivity index (χ2v) is 9.03. The summed E-state index contributed by atoms with van der Waals surface area (Å²) in [5, 5.41) is 5.34. The van der Waals surface area contributed by atoms with Gasteiger partial charge in [0.15, 0.2) is 0 Å². The Morgan fingerprint density at radius 2 is 1.10 bits per heavy atom. The molecule has 0 atom stereocenters. The molecular weight excluding hydrogens is 474 g/mol. The van der Waals surface area contributed by atoms with Gasteiger partial charge in [-0.2, -0.15) is 0 Å². The second kappa shape index (κ2) is 7.88. The van der Waals surface area contributed by atoms with Crippen molar-refractivity contribution in [3.63, 3.8) is 0 Å². The Morgan fingerprint density at radius 1 is 0.655 bits per heavy atom. The molecule has 0 radical (unpaired) electrons. The Balaban J connectivity index is 0.00000102. The van der Waals surface area contributed by atoms with Gasteiger partial charge in [0, 0.05) is 0 Å². The van der Waals surface area contributed by atoms with Gasteiger partial charge in [-0.05, 0) is 0 Å². The van der Waals surface area contributed by atoms with Crippen LogP contribution in [0.1, 0.15) is 23.5 Å². The molecule has 29 heavy (non-hydrogen) atoms. The monoisotopic (exact) mass is 489 g/mol. The third kappa shape index (κ3) is 3.15. The molecular formula is C26H17Cl2Zr. The normalized spacial score (nSPS) is 14.7. The standard InChI is InChI=1S/C26H17.2ClH.Zr/c1-2-8-17(7-1)26-24-15-20-11-5-3-9-18(20)13-22(24)23-14-19-10-4-6-12-21(19)16-25(23)26;;;/h1,3-7,9-16,26H,2H2;2*1H;/q;;;+2/p-2. The number of benzene rings is 4. The van der Waals surface area contributed by atoms with Gasteiger partial charge < -0.3 is 24.8 Å². The van der Waals surface area contributed by atoms with Crippen LogP contribution in [0.2, 0.25) is 0 Å². The maximum absolute atomic E-state index is 2.43. The Morgan fingerprint density at radius 3 is 1.52 bits per heavy atom. The summed E-state index contributed by atoms with van der Waals surface area (Å²) in [5.74, 6) is 0.372. The van der Waals surface area contributed by atoms with E-state index >= 15 is 0 Å². The molecule has 2 aliphatic rings. The zero-order valence-corrected chi connectivity index (χ0v) is 19.6. The summed E-state index contributed by atoms with van der Waals surface area (Å²) in [7, 11) is 0. The zero-order valence-electron chi connectivity index (χ0n) is 15.6. The third-order valence-corrected chi connectivity index (χ3v) is 7.24. The van der Waals surface area contributed by atoms with Gasteiger partial charge in [-0.15, -0.1) is 0 Å². The second-order valence-electron chi connectivity index (χ2n) is 7.55. The van der Waals surface area contributed by atoms with Crippen molar-refractivity contribution in [2.24, 2.45) is 0 Å². The van der Waals surface area contributed by atoms with E-state index in [0.717, 1.165) is 6.42 Å². The molecule has 0 N–H and O–H groups in total. The number of halogens is 2. The fraction of sp³-hybridized carbons (Fsp3) is 0.0769.